The molecular weight excluding hydrogens is 651 g/mol. The van der Waals surface area contributed by atoms with Crippen LogP contribution in [0.4, 0.5) is 0 Å². The summed E-state index contributed by atoms with van der Waals surface area (Å²) in [6.45, 7) is 23.4. The lowest BCUT2D eigenvalue weighted by molar-refractivity contribution is 0.590. The first-order valence-electron chi connectivity index (χ1n) is 18.3. The van der Waals surface area contributed by atoms with Gasteiger partial charge in [-0.15, -0.1) is 0 Å². The van der Waals surface area contributed by atoms with Crippen molar-refractivity contribution in [2.75, 3.05) is 0 Å². The molecule has 0 heterocycles. The van der Waals surface area contributed by atoms with Crippen LogP contribution in [0.5, 0.6) is 0 Å². The summed E-state index contributed by atoms with van der Waals surface area (Å²) in [5.41, 5.74) is 14.9. The van der Waals surface area contributed by atoms with Gasteiger partial charge in [0.05, 0.1) is 8.07 Å². The van der Waals surface area contributed by atoms with Gasteiger partial charge in [-0.25, -0.2) is 0 Å². The average Bonchev–Trinajstić information content (AvgIpc) is 3.43. The molecule has 0 fully saturated rings. The van der Waals surface area contributed by atoms with E-state index in [4.69, 9.17) is 23.2 Å². The maximum Gasteiger partial charge on any atom is 0.0722 e. The molecule has 0 nitrogen and oxygen atoms in total. The summed E-state index contributed by atoms with van der Waals surface area (Å²) in [5.74, 6) is 0.360. The van der Waals surface area contributed by atoms with Crippen LogP contribution < -0.4 is 0 Å². The molecule has 4 atom stereocenters. The topological polar surface area (TPSA) is 0 Å². The van der Waals surface area contributed by atoms with Crippen molar-refractivity contribution in [2.24, 2.45) is 0 Å². The largest absolute Gasteiger partial charge is 0.0840 e. The highest BCUT2D eigenvalue weighted by molar-refractivity contribution is 6.83. The minimum absolute atomic E-state index is 0.00663. The zero-order valence-corrected chi connectivity index (χ0v) is 33.7. The summed E-state index contributed by atoms with van der Waals surface area (Å²) < 4.78 is 0. The Labute approximate surface area is 307 Å². The first-order valence-corrected chi connectivity index (χ1v) is 22.2. The predicted octanol–water partition coefficient (Wildman–Crippen LogP) is 14.4. The Balaban J connectivity index is 1.43. The number of allylic oxidation sites excluding steroid dienone is 16. The number of benzene rings is 2. The SMILES string of the molecule is CCC1=CC2=C(C=CC=CC2c2ccc(C(C)(C)C)c(Cl)c2)C1[Si](C)(C)C1C(CC)=CC2=C1C=CC=CC2c1ccc(C(C)(C)C)c(Cl)c1. The highest BCUT2D eigenvalue weighted by atomic mass is 35.5. The minimum atomic E-state index is -2.08. The number of rotatable bonds is 6. The molecule has 0 aromatic heterocycles. The number of hydrogen-bond acceptors (Lipinski definition) is 0. The van der Waals surface area contributed by atoms with Crippen molar-refractivity contribution in [2.45, 2.75) is 115 Å². The Kier molecular flexibility index (Phi) is 9.81. The maximum atomic E-state index is 6.97. The fraction of sp³-hybridized carbons (Fsp3) is 0.391. The van der Waals surface area contributed by atoms with Crippen LogP contribution in [0.2, 0.25) is 34.2 Å². The van der Waals surface area contributed by atoms with Crippen LogP contribution in [0.15, 0.2) is 131 Å². The van der Waals surface area contributed by atoms with Crippen molar-refractivity contribution in [3.05, 3.63) is 163 Å². The first-order chi connectivity index (χ1) is 23.1. The van der Waals surface area contributed by atoms with Crippen LogP contribution in [-0.2, 0) is 10.8 Å². The van der Waals surface area contributed by atoms with Crippen LogP contribution in [0.25, 0.3) is 0 Å². The molecule has 0 amide bonds. The van der Waals surface area contributed by atoms with E-state index < -0.39 is 8.07 Å². The molecule has 0 radical (unpaired) electrons. The van der Waals surface area contributed by atoms with Crippen molar-refractivity contribution in [3.8, 4) is 0 Å². The Hall–Kier alpha value is -2.84. The van der Waals surface area contributed by atoms with Gasteiger partial charge >= 0.3 is 0 Å². The zero-order chi connectivity index (χ0) is 35.5. The molecule has 0 spiro atoms. The van der Waals surface area contributed by atoms with Gasteiger partial charge in [0.2, 0.25) is 0 Å². The second-order valence-corrected chi connectivity index (χ2v) is 22.7. The van der Waals surface area contributed by atoms with E-state index in [1.165, 1.54) is 44.5 Å². The lowest BCUT2D eigenvalue weighted by atomic mass is 9.84. The summed E-state index contributed by atoms with van der Waals surface area (Å²) in [5, 5.41) is 1.73. The van der Waals surface area contributed by atoms with Gasteiger partial charge in [-0.2, -0.15) is 0 Å². The van der Waals surface area contributed by atoms with Crippen molar-refractivity contribution in [3.63, 3.8) is 0 Å². The molecule has 4 aliphatic carbocycles. The van der Waals surface area contributed by atoms with E-state index in [9.17, 15) is 0 Å². The Morgan fingerprint density at radius 2 is 0.959 bits per heavy atom. The molecule has 0 saturated heterocycles. The van der Waals surface area contributed by atoms with E-state index in [0.29, 0.717) is 11.1 Å². The van der Waals surface area contributed by atoms with Gasteiger partial charge in [-0.3, -0.25) is 0 Å². The van der Waals surface area contributed by atoms with Gasteiger partial charge in [-0.05, 0) is 80.4 Å². The summed E-state index contributed by atoms with van der Waals surface area (Å²) >= 11 is 13.9. The molecule has 0 saturated carbocycles. The van der Waals surface area contributed by atoms with Crippen LogP contribution >= 0.6 is 23.2 Å². The van der Waals surface area contributed by atoms with Gasteiger partial charge in [0.15, 0.2) is 0 Å². The number of halogens is 2. The smallest absolute Gasteiger partial charge is 0.0722 e. The third kappa shape index (κ3) is 6.57. The fourth-order valence-electron chi connectivity index (χ4n) is 9.05. The van der Waals surface area contributed by atoms with Crippen LogP contribution in [0, 0.1) is 0 Å². The van der Waals surface area contributed by atoms with Gasteiger partial charge in [0.25, 0.3) is 0 Å². The lowest BCUT2D eigenvalue weighted by Gasteiger charge is -2.41. The molecule has 49 heavy (non-hydrogen) atoms. The molecule has 4 aliphatic rings. The molecule has 0 N–H and O–H groups in total. The number of hydrogen-bond donors (Lipinski definition) is 0. The normalized spacial score (nSPS) is 23.8. The van der Waals surface area contributed by atoms with Gasteiger partial charge < -0.3 is 0 Å². The second-order valence-electron chi connectivity index (χ2n) is 17.1. The van der Waals surface area contributed by atoms with Crippen molar-refractivity contribution in [1.82, 2.24) is 0 Å². The van der Waals surface area contributed by atoms with Crippen LogP contribution in [0.1, 0.15) is 102 Å². The monoisotopic (exact) mass is 704 g/mol. The third-order valence-electron chi connectivity index (χ3n) is 11.4. The molecule has 256 valence electrons. The Morgan fingerprint density at radius 1 is 0.571 bits per heavy atom. The van der Waals surface area contributed by atoms with E-state index in [0.717, 1.165) is 22.9 Å². The first kappa shape index (κ1) is 36.0. The van der Waals surface area contributed by atoms with Crippen LogP contribution in [0.3, 0.4) is 0 Å². The molecule has 4 unspecified atom stereocenters. The highest BCUT2D eigenvalue weighted by Crippen LogP contribution is 2.59. The van der Waals surface area contributed by atoms with E-state index in [2.05, 4.69) is 166 Å². The predicted molar refractivity (Wildman–Crippen MR) is 218 cm³/mol. The van der Waals surface area contributed by atoms with Gasteiger partial charge in [-0.1, -0.05) is 188 Å². The van der Waals surface area contributed by atoms with Gasteiger partial charge in [0, 0.05) is 33.0 Å². The summed E-state index contributed by atoms with van der Waals surface area (Å²) in [6, 6.07) is 13.6. The van der Waals surface area contributed by atoms with E-state index in [-0.39, 0.29) is 22.7 Å². The zero-order valence-electron chi connectivity index (χ0n) is 31.2. The fourth-order valence-corrected chi connectivity index (χ4v) is 14.9. The second kappa shape index (κ2) is 13.4. The van der Waals surface area contributed by atoms with Crippen molar-refractivity contribution in [1.29, 1.82) is 0 Å². The Bertz CT molecular complexity index is 1770. The molecular formula is C46H54Cl2Si. The van der Waals surface area contributed by atoms with Gasteiger partial charge in [0.1, 0.15) is 0 Å². The highest BCUT2D eigenvalue weighted by Gasteiger charge is 2.49. The van der Waals surface area contributed by atoms with E-state index in [1.807, 2.05) is 0 Å². The average molecular weight is 706 g/mol. The lowest BCUT2D eigenvalue weighted by Crippen LogP contribution is -2.40. The quantitative estimate of drug-likeness (QED) is 0.263. The summed E-state index contributed by atoms with van der Waals surface area (Å²) in [6.07, 6.45) is 25.9. The van der Waals surface area contributed by atoms with E-state index >= 15 is 0 Å². The van der Waals surface area contributed by atoms with Crippen molar-refractivity contribution >= 4 is 31.3 Å². The van der Waals surface area contributed by atoms with Crippen molar-refractivity contribution < 1.29 is 0 Å². The van der Waals surface area contributed by atoms with E-state index in [1.54, 1.807) is 11.1 Å². The molecule has 0 bridgehead atoms. The maximum absolute atomic E-state index is 6.97. The molecule has 0 aliphatic heterocycles. The molecule has 3 heteroatoms. The molecule has 6 rings (SSSR count). The van der Waals surface area contributed by atoms with Crippen LogP contribution in [-0.4, -0.2) is 8.07 Å². The molecule has 2 aromatic carbocycles. The molecule has 2 aromatic rings. The standard InChI is InChI=1S/C46H54Cl2Si/c1-11-29-25-37-33(31-21-23-39(41(47)27-31)45(3,4)5)17-13-15-19-35(37)43(29)49(9,10)44-30(12-2)26-38-34(18-14-16-20-36(38)44)32-22-24-40(42(48)28-32)46(6,7)8/h13-28,33-34,43-44H,11-12H2,1-10H3. The third-order valence-corrected chi connectivity index (χ3v) is 16.4. The minimum Gasteiger partial charge on any atom is -0.0840 e. The Morgan fingerprint density at radius 3 is 1.29 bits per heavy atom. The summed E-state index contributed by atoms with van der Waals surface area (Å²) in [4.78, 5) is 0. The summed E-state index contributed by atoms with van der Waals surface area (Å²) in [7, 11) is -2.08.